The lowest BCUT2D eigenvalue weighted by atomic mass is 10.1. The van der Waals surface area contributed by atoms with Gasteiger partial charge in [0.1, 0.15) is 5.75 Å². The minimum Gasteiger partial charge on any atom is -0.493 e. The SMILES string of the molecule is Cc1c(CN2CCSCC2)cccc1NC(=O)c1cccc(OCC(C)C)c1. The molecule has 0 saturated carbocycles. The van der Waals surface area contributed by atoms with Crippen molar-refractivity contribution in [3.05, 3.63) is 59.2 Å². The van der Waals surface area contributed by atoms with Crippen molar-refractivity contribution in [3.8, 4) is 5.75 Å². The molecular weight excluding hydrogens is 368 g/mol. The Morgan fingerprint density at radius 2 is 1.93 bits per heavy atom. The van der Waals surface area contributed by atoms with Gasteiger partial charge in [-0.2, -0.15) is 11.8 Å². The standard InChI is InChI=1S/C23H30N2O2S/c1-17(2)16-27-21-8-4-6-19(14-21)23(26)24-22-9-5-7-20(18(22)3)15-25-10-12-28-13-11-25/h4-9,14,17H,10-13,15-16H2,1-3H3,(H,24,26). The molecule has 1 amide bonds. The maximum absolute atomic E-state index is 12.8. The highest BCUT2D eigenvalue weighted by Gasteiger charge is 2.14. The Morgan fingerprint density at radius 3 is 2.68 bits per heavy atom. The molecule has 2 aromatic rings. The van der Waals surface area contributed by atoms with E-state index >= 15 is 0 Å². The number of carbonyl (C=O) groups is 1. The van der Waals surface area contributed by atoms with Crippen molar-refractivity contribution in [3.63, 3.8) is 0 Å². The zero-order chi connectivity index (χ0) is 19.9. The lowest BCUT2D eigenvalue weighted by Crippen LogP contribution is -2.32. The zero-order valence-electron chi connectivity index (χ0n) is 17.0. The fourth-order valence-electron chi connectivity index (χ4n) is 3.17. The summed E-state index contributed by atoms with van der Waals surface area (Å²) in [7, 11) is 0. The van der Waals surface area contributed by atoms with Gasteiger partial charge in [-0.15, -0.1) is 0 Å². The quantitative estimate of drug-likeness (QED) is 0.725. The van der Waals surface area contributed by atoms with E-state index in [0.717, 1.165) is 36.6 Å². The van der Waals surface area contributed by atoms with Crippen LogP contribution in [0.1, 0.15) is 35.3 Å². The van der Waals surface area contributed by atoms with E-state index in [9.17, 15) is 4.79 Å². The molecule has 0 spiro atoms. The van der Waals surface area contributed by atoms with Crippen LogP contribution in [0.25, 0.3) is 0 Å². The lowest BCUT2D eigenvalue weighted by Gasteiger charge is -2.27. The van der Waals surface area contributed by atoms with Gasteiger partial charge < -0.3 is 10.1 Å². The second-order valence-electron chi connectivity index (χ2n) is 7.67. The maximum Gasteiger partial charge on any atom is 0.255 e. The molecule has 28 heavy (non-hydrogen) atoms. The Hall–Kier alpha value is -1.98. The first-order valence-electron chi connectivity index (χ1n) is 9.95. The van der Waals surface area contributed by atoms with E-state index in [0.29, 0.717) is 18.1 Å². The van der Waals surface area contributed by atoms with Crippen LogP contribution in [0.15, 0.2) is 42.5 Å². The summed E-state index contributed by atoms with van der Waals surface area (Å²) in [6.07, 6.45) is 0. The Morgan fingerprint density at radius 1 is 1.18 bits per heavy atom. The summed E-state index contributed by atoms with van der Waals surface area (Å²) < 4.78 is 5.75. The van der Waals surface area contributed by atoms with Gasteiger partial charge in [-0.05, 0) is 48.2 Å². The number of nitrogens with zero attached hydrogens (tertiary/aromatic N) is 1. The fourth-order valence-corrected chi connectivity index (χ4v) is 4.15. The van der Waals surface area contributed by atoms with Gasteiger partial charge in [0, 0.05) is 42.4 Å². The van der Waals surface area contributed by atoms with E-state index in [1.807, 2.05) is 48.2 Å². The predicted octanol–water partition coefficient (Wildman–Crippen LogP) is 4.83. The highest BCUT2D eigenvalue weighted by atomic mass is 32.2. The molecule has 150 valence electrons. The highest BCUT2D eigenvalue weighted by Crippen LogP contribution is 2.23. The maximum atomic E-state index is 12.8. The molecule has 1 saturated heterocycles. The summed E-state index contributed by atoms with van der Waals surface area (Å²) in [4.78, 5) is 15.3. The number of ether oxygens (including phenoxy) is 1. The molecule has 5 heteroatoms. The second kappa shape index (κ2) is 9.99. The molecule has 0 unspecified atom stereocenters. The number of nitrogens with one attached hydrogen (secondary N) is 1. The Balaban J connectivity index is 1.68. The van der Waals surface area contributed by atoms with Crippen LogP contribution in [-0.2, 0) is 6.54 Å². The number of thioether (sulfide) groups is 1. The van der Waals surface area contributed by atoms with Crippen LogP contribution in [0.5, 0.6) is 5.75 Å². The van der Waals surface area contributed by atoms with Crippen LogP contribution in [0.4, 0.5) is 5.69 Å². The Labute approximate surface area is 172 Å². The zero-order valence-corrected chi connectivity index (χ0v) is 17.8. The van der Waals surface area contributed by atoms with Crippen molar-refractivity contribution < 1.29 is 9.53 Å². The predicted molar refractivity (Wildman–Crippen MR) is 119 cm³/mol. The smallest absolute Gasteiger partial charge is 0.255 e. The van der Waals surface area contributed by atoms with Crippen molar-refractivity contribution in [1.82, 2.24) is 4.90 Å². The summed E-state index contributed by atoms with van der Waals surface area (Å²) in [6.45, 7) is 10.1. The van der Waals surface area contributed by atoms with Gasteiger partial charge >= 0.3 is 0 Å². The van der Waals surface area contributed by atoms with Crippen LogP contribution in [0, 0.1) is 12.8 Å². The van der Waals surface area contributed by atoms with Crippen LogP contribution in [0.2, 0.25) is 0 Å². The number of rotatable bonds is 7. The first kappa shape index (κ1) is 20.7. The highest BCUT2D eigenvalue weighted by molar-refractivity contribution is 7.99. The van der Waals surface area contributed by atoms with E-state index in [4.69, 9.17) is 4.74 Å². The summed E-state index contributed by atoms with van der Waals surface area (Å²) >= 11 is 2.02. The van der Waals surface area contributed by atoms with Crippen molar-refractivity contribution in [2.45, 2.75) is 27.3 Å². The van der Waals surface area contributed by atoms with Crippen LogP contribution in [-0.4, -0.2) is 42.0 Å². The molecule has 2 aromatic carbocycles. The van der Waals surface area contributed by atoms with Gasteiger partial charge in [-0.1, -0.05) is 32.0 Å². The van der Waals surface area contributed by atoms with Crippen molar-refractivity contribution >= 4 is 23.4 Å². The molecule has 0 radical (unpaired) electrons. The molecule has 0 bridgehead atoms. The van der Waals surface area contributed by atoms with Gasteiger partial charge in [0.2, 0.25) is 0 Å². The van der Waals surface area contributed by atoms with Gasteiger partial charge in [-0.3, -0.25) is 9.69 Å². The van der Waals surface area contributed by atoms with Crippen LogP contribution >= 0.6 is 11.8 Å². The minimum atomic E-state index is -0.107. The second-order valence-corrected chi connectivity index (χ2v) is 8.89. The number of carbonyl (C=O) groups excluding carboxylic acids is 1. The number of hydrogen-bond donors (Lipinski definition) is 1. The third-order valence-electron chi connectivity index (χ3n) is 4.87. The molecule has 0 atom stereocenters. The normalized spacial score (nSPS) is 14.9. The molecule has 1 aliphatic heterocycles. The first-order chi connectivity index (χ1) is 13.5. The van der Waals surface area contributed by atoms with Gasteiger partial charge in [0.15, 0.2) is 0 Å². The number of hydrogen-bond acceptors (Lipinski definition) is 4. The molecule has 0 aliphatic carbocycles. The average Bonchev–Trinajstić information content (AvgIpc) is 2.70. The van der Waals surface area contributed by atoms with Gasteiger partial charge in [-0.25, -0.2) is 0 Å². The first-order valence-corrected chi connectivity index (χ1v) is 11.1. The molecule has 1 N–H and O–H groups in total. The van der Waals surface area contributed by atoms with Crippen molar-refractivity contribution in [2.75, 3.05) is 36.5 Å². The summed E-state index contributed by atoms with van der Waals surface area (Å²) in [5.41, 5.74) is 3.90. The molecule has 1 aliphatic rings. The molecule has 0 aromatic heterocycles. The molecule has 1 heterocycles. The molecule has 4 nitrogen and oxygen atoms in total. The topological polar surface area (TPSA) is 41.6 Å². The van der Waals surface area contributed by atoms with Gasteiger partial charge in [0.25, 0.3) is 5.91 Å². The van der Waals surface area contributed by atoms with Crippen molar-refractivity contribution in [1.29, 1.82) is 0 Å². The summed E-state index contributed by atoms with van der Waals surface area (Å²) in [5.74, 6) is 3.47. The van der Waals surface area contributed by atoms with Crippen LogP contribution in [0.3, 0.4) is 0 Å². The number of anilines is 1. The van der Waals surface area contributed by atoms with E-state index in [1.54, 1.807) is 0 Å². The van der Waals surface area contributed by atoms with Crippen molar-refractivity contribution in [2.24, 2.45) is 5.92 Å². The summed E-state index contributed by atoms with van der Waals surface area (Å²) in [6, 6.07) is 13.5. The van der Waals surface area contributed by atoms with E-state index in [-0.39, 0.29) is 5.91 Å². The number of amides is 1. The third kappa shape index (κ3) is 5.76. The van der Waals surface area contributed by atoms with E-state index in [2.05, 4.69) is 37.1 Å². The lowest BCUT2D eigenvalue weighted by molar-refractivity contribution is 0.102. The molecule has 1 fully saturated rings. The number of benzene rings is 2. The average molecular weight is 399 g/mol. The van der Waals surface area contributed by atoms with E-state index in [1.165, 1.54) is 17.1 Å². The molecule has 3 rings (SSSR count). The molecular formula is C23H30N2O2S. The Kier molecular flexibility index (Phi) is 7.40. The minimum absolute atomic E-state index is 0.107. The van der Waals surface area contributed by atoms with Crippen LogP contribution < -0.4 is 10.1 Å². The largest absolute Gasteiger partial charge is 0.493 e. The Bertz CT molecular complexity index is 801. The summed E-state index contributed by atoms with van der Waals surface area (Å²) in [5, 5.41) is 3.08. The fraction of sp³-hybridized carbons (Fsp3) is 0.435. The third-order valence-corrected chi connectivity index (χ3v) is 5.81. The monoisotopic (exact) mass is 398 g/mol. The van der Waals surface area contributed by atoms with E-state index < -0.39 is 0 Å². The van der Waals surface area contributed by atoms with Gasteiger partial charge in [0.05, 0.1) is 6.61 Å².